The van der Waals surface area contributed by atoms with Crippen LogP contribution >= 0.6 is 11.6 Å². The summed E-state index contributed by atoms with van der Waals surface area (Å²) in [7, 11) is -0.768. The van der Waals surface area contributed by atoms with Crippen molar-refractivity contribution in [3.05, 3.63) is 28.8 Å². The summed E-state index contributed by atoms with van der Waals surface area (Å²) in [4.78, 5) is 12.9. The maximum Gasteiger partial charge on any atom is 0.252 e. The summed E-state index contributed by atoms with van der Waals surface area (Å²) in [6, 6.07) is 5.51. The number of hydrogen-bond acceptors (Lipinski definition) is 4. The first kappa shape index (κ1) is 22.1. The van der Waals surface area contributed by atoms with Crippen LogP contribution in [0.3, 0.4) is 0 Å². The van der Waals surface area contributed by atoms with Gasteiger partial charge in [0.15, 0.2) is 0 Å². The van der Waals surface area contributed by atoms with Gasteiger partial charge in [0.25, 0.3) is 5.91 Å². The largest absolute Gasteiger partial charge is 0.384 e. The van der Waals surface area contributed by atoms with Gasteiger partial charge < -0.3 is 16.0 Å². The molecule has 5 atom stereocenters. The highest BCUT2D eigenvalue weighted by atomic mass is 35.5. The predicted molar refractivity (Wildman–Crippen MR) is 125 cm³/mol. The second-order valence-corrected chi connectivity index (χ2v) is 12.1. The summed E-state index contributed by atoms with van der Waals surface area (Å²) in [6.45, 7) is 5.31. The van der Waals surface area contributed by atoms with Gasteiger partial charge in [-0.15, -0.1) is 0 Å². The summed E-state index contributed by atoms with van der Waals surface area (Å²) in [5.41, 5.74) is 2.23. The van der Waals surface area contributed by atoms with Crippen molar-refractivity contribution in [2.24, 2.45) is 22.7 Å². The van der Waals surface area contributed by atoms with Crippen LogP contribution in [0.4, 0.5) is 5.69 Å². The molecule has 0 saturated heterocycles. The SMILES string of the molecule is CS(=O)CCNCCNc1ccc(Cl)c(C(=O)NCC2(C)CC3CC4CC4(C3)C2)c1. The van der Waals surface area contributed by atoms with E-state index in [4.69, 9.17) is 11.6 Å². The van der Waals surface area contributed by atoms with Crippen LogP contribution in [0.25, 0.3) is 0 Å². The zero-order chi connectivity index (χ0) is 21.4. The van der Waals surface area contributed by atoms with Crippen molar-refractivity contribution in [1.82, 2.24) is 10.6 Å². The average Bonchev–Trinajstić information content (AvgIpc) is 3.23. The number of halogens is 1. The van der Waals surface area contributed by atoms with E-state index < -0.39 is 10.8 Å². The van der Waals surface area contributed by atoms with Crippen LogP contribution in [-0.2, 0) is 10.8 Å². The highest BCUT2D eigenvalue weighted by Crippen LogP contribution is 2.73. The minimum Gasteiger partial charge on any atom is -0.384 e. The third-order valence-electron chi connectivity index (χ3n) is 7.32. The molecule has 3 N–H and O–H groups in total. The molecule has 3 aliphatic rings. The number of carbonyl (C=O) groups excluding carboxylic acids is 1. The third-order valence-corrected chi connectivity index (χ3v) is 8.42. The van der Waals surface area contributed by atoms with Crippen LogP contribution < -0.4 is 16.0 Å². The first-order valence-corrected chi connectivity index (χ1v) is 13.2. The zero-order valence-electron chi connectivity index (χ0n) is 18.1. The van der Waals surface area contributed by atoms with Gasteiger partial charge in [0, 0.05) is 54.7 Å². The number of benzene rings is 1. The molecule has 4 rings (SSSR count). The fourth-order valence-electron chi connectivity index (χ4n) is 6.11. The van der Waals surface area contributed by atoms with Gasteiger partial charge in [0.2, 0.25) is 0 Å². The summed E-state index contributed by atoms with van der Waals surface area (Å²) < 4.78 is 11.1. The standard InChI is InChI=1S/C23H34ClN3O2S/c1-22(11-16-9-17-13-23(17,12-16)14-22)15-27-21(28)19-10-18(3-4-20(19)24)26-6-5-25-7-8-30(2)29/h3-4,10,16-17,25-26H,5-9,11-15H2,1-2H3,(H,27,28). The van der Waals surface area contributed by atoms with Crippen molar-refractivity contribution in [2.45, 2.75) is 39.0 Å². The number of fused-ring (bicyclic) bond motifs is 1. The van der Waals surface area contributed by atoms with Crippen LogP contribution in [0, 0.1) is 22.7 Å². The lowest BCUT2D eigenvalue weighted by atomic mass is 9.67. The Morgan fingerprint density at radius 1 is 1.23 bits per heavy atom. The molecule has 1 amide bonds. The topological polar surface area (TPSA) is 70.2 Å². The smallest absolute Gasteiger partial charge is 0.252 e. The van der Waals surface area contributed by atoms with Gasteiger partial charge in [0.05, 0.1) is 10.6 Å². The maximum atomic E-state index is 12.9. The Kier molecular flexibility index (Phi) is 6.48. The van der Waals surface area contributed by atoms with Crippen molar-refractivity contribution >= 4 is 34.0 Å². The Hall–Kier alpha value is -1.11. The highest BCUT2D eigenvalue weighted by molar-refractivity contribution is 7.84. The Balaban J connectivity index is 1.27. The van der Waals surface area contributed by atoms with Crippen LogP contribution in [-0.4, -0.2) is 48.3 Å². The number of hydrogen-bond donors (Lipinski definition) is 3. The molecule has 5 nitrogen and oxygen atoms in total. The fourth-order valence-corrected chi connectivity index (χ4v) is 6.74. The lowest BCUT2D eigenvalue weighted by Gasteiger charge is -2.40. The molecule has 0 aliphatic heterocycles. The van der Waals surface area contributed by atoms with E-state index >= 15 is 0 Å². The number of carbonyl (C=O) groups is 1. The summed E-state index contributed by atoms with van der Waals surface area (Å²) in [5.74, 6) is 2.40. The van der Waals surface area contributed by atoms with Crippen LogP contribution in [0.1, 0.15) is 49.4 Å². The minimum absolute atomic E-state index is 0.0869. The molecule has 3 fully saturated rings. The van der Waals surface area contributed by atoms with Crippen molar-refractivity contribution in [1.29, 1.82) is 0 Å². The Bertz CT molecular complexity index is 835. The number of nitrogens with one attached hydrogen (secondary N) is 3. The predicted octanol–water partition coefficient (Wildman–Crippen LogP) is 3.67. The van der Waals surface area contributed by atoms with E-state index in [9.17, 15) is 9.00 Å². The summed E-state index contributed by atoms with van der Waals surface area (Å²) in [6.07, 6.45) is 8.45. The molecule has 30 heavy (non-hydrogen) atoms. The van der Waals surface area contributed by atoms with Crippen LogP contribution in [0.2, 0.25) is 5.02 Å². The number of anilines is 1. The quantitative estimate of drug-likeness (QED) is 0.475. The van der Waals surface area contributed by atoms with Gasteiger partial charge >= 0.3 is 0 Å². The van der Waals surface area contributed by atoms with Gasteiger partial charge in [-0.05, 0) is 73.0 Å². The van der Waals surface area contributed by atoms with E-state index in [2.05, 4.69) is 22.9 Å². The monoisotopic (exact) mass is 451 g/mol. The van der Waals surface area contributed by atoms with E-state index in [1.807, 2.05) is 12.1 Å². The fraction of sp³-hybridized carbons (Fsp3) is 0.696. The number of rotatable bonds is 10. The van der Waals surface area contributed by atoms with Crippen molar-refractivity contribution < 1.29 is 9.00 Å². The Labute approximate surface area is 187 Å². The normalized spacial score (nSPS) is 32.4. The van der Waals surface area contributed by atoms with E-state index in [0.29, 0.717) is 21.8 Å². The summed E-state index contributed by atoms with van der Waals surface area (Å²) >= 11 is 6.33. The van der Waals surface area contributed by atoms with Crippen molar-refractivity contribution in [3.63, 3.8) is 0 Å². The first-order valence-electron chi connectivity index (χ1n) is 11.1. The molecule has 0 radical (unpaired) electrons. The Morgan fingerprint density at radius 3 is 2.83 bits per heavy atom. The molecular weight excluding hydrogens is 418 g/mol. The second-order valence-electron chi connectivity index (χ2n) is 10.1. The number of amides is 1. The molecule has 0 heterocycles. The van der Waals surface area contributed by atoms with E-state index in [1.165, 1.54) is 32.1 Å². The molecule has 1 spiro atoms. The second kappa shape index (κ2) is 8.79. The highest BCUT2D eigenvalue weighted by Gasteiger charge is 2.64. The summed E-state index contributed by atoms with van der Waals surface area (Å²) in [5, 5.41) is 10.2. The van der Waals surface area contributed by atoms with E-state index in [1.54, 1.807) is 12.3 Å². The first-order chi connectivity index (χ1) is 14.3. The molecule has 7 heteroatoms. The molecule has 3 aliphatic carbocycles. The molecule has 5 unspecified atom stereocenters. The van der Waals surface area contributed by atoms with Gasteiger partial charge in [-0.2, -0.15) is 0 Å². The van der Waals surface area contributed by atoms with Gasteiger partial charge in [-0.25, -0.2) is 0 Å². The molecule has 0 aromatic heterocycles. The zero-order valence-corrected chi connectivity index (χ0v) is 19.6. The van der Waals surface area contributed by atoms with Gasteiger partial charge in [-0.3, -0.25) is 9.00 Å². The van der Waals surface area contributed by atoms with Crippen LogP contribution in [0.5, 0.6) is 0 Å². The van der Waals surface area contributed by atoms with E-state index in [0.717, 1.165) is 43.7 Å². The van der Waals surface area contributed by atoms with Crippen LogP contribution in [0.15, 0.2) is 18.2 Å². The molecule has 3 saturated carbocycles. The van der Waals surface area contributed by atoms with Crippen molar-refractivity contribution in [3.8, 4) is 0 Å². The maximum absolute atomic E-state index is 12.9. The minimum atomic E-state index is -0.768. The molecular formula is C23H34ClN3O2S. The molecule has 2 bridgehead atoms. The van der Waals surface area contributed by atoms with Crippen molar-refractivity contribution in [2.75, 3.05) is 43.5 Å². The lowest BCUT2D eigenvalue weighted by molar-refractivity contribution is 0.0857. The lowest BCUT2D eigenvalue weighted by Crippen LogP contribution is -2.40. The van der Waals surface area contributed by atoms with Gasteiger partial charge in [-0.1, -0.05) is 18.5 Å². The third kappa shape index (κ3) is 5.03. The van der Waals surface area contributed by atoms with E-state index in [-0.39, 0.29) is 11.3 Å². The Morgan fingerprint density at radius 2 is 2.07 bits per heavy atom. The molecule has 166 valence electrons. The molecule has 1 aromatic carbocycles. The molecule has 1 aromatic rings. The van der Waals surface area contributed by atoms with Gasteiger partial charge in [0.1, 0.15) is 0 Å². The average molecular weight is 452 g/mol.